The maximum atomic E-state index is 12.8. The van der Waals surface area contributed by atoms with Crippen LogP contribution < -0.4 is 9.47 Å². The minimum Gasteiger partial charge on any atom is -0.493 e. The predicted molar refractivity (Wildman–Crippen MR) is 116 cm³/mol. The second kappa shape index (κ2) is 10.3. The van der Waals surface area contributed by atoms with Gasteiger partial charge in [-0.15, -0.1) is 0 Å². The fourth-order valence-electron chi connectivity index (χ4n) is 3.62. The zero-order chi connectivity index (χ0) is 21.5. The average molecular weight is 431 g/mol. The van der Waals surface area contributed by atoms with Crippen molar-refractivity contribution in [3.63, 3.8) is 0 Å². The van der Waals surface area contributed by atoms with Gasteiger partial charge in [0.2, 0.25) is 5.91 Å². The van der Waals surface area contributed by atoms with Crippen LogP contribution in [0.4, 0.5) is 0 Å². The fourth-order valence-corrected chi connectivity index (χ4v) is 3.84. The van der Waals surface area contributed by atoms with Crippen LogP contribution in [0.5, 0.6) is 11.5 Å². The van der Waals surface area contributed by atoms with E-state index in [1.54, 1.807) is 43.4 Å². The molecule has 0 bridgehead atoms. The number of methoxy groups -OCH3 is 2. The van der Waals surface area contributed by atoms with E-state index < -0.39 is 0 Å². The third-order valence-corrected chi connectivity index (χ3v) is 5.65. The number of benzene rings is 2. The summed E-state index contributed by atoms with van der Waals surface area (Å²) in [5, 5.41) is 0.453. The molecular weight excluding hydrogens is 404 g/mol. The molecule has 0 spiro atoms. The molecule has 1 aliphatic heterocycles. The van der Waals surface area contributed by atoms with E-state index in [2.05, 4.69) is 0 Å². The Bertz CT molecular complexity index is 903. The Morgan fingerprint density at radius 2 is 1.63 bits per heavy atom. The lowest BCUT2D eigenvalue weighted by atomic mass is 10.1. The second-order valence-corrected chi connectivity index (χ2v) is 7.60. The summed E-state index contributed by atoms with van der Waals surface area (Å²) in [6.45, 7) is 2.30. The van der Waals surface area contributed by atoms with Crippen LogP contribution in [0.3, 0.4) is 0 Å². The lowest BCUT2D eigenvalue weighted by molar-refractivity contribution is -0.131. The molecule has 0 saturated carbocycles. The van der Waals surface area contributed by atoms with Crippen LogP contribution >= 0.6 is 11.6 Å². The first-order valence-electron chi connectivity index (χ1n) is 10.1. The van der Waals surface area contributed by atoms with Gasteiger partial charge < -0.3 is 19.3 Å². The van der Waals surface area contributed by atoms with E-state index in [-0.39, 0.29) is 11.8 Å². The van der Waals surface area contributed by atoms with Crippen LogP contribution in [-0.4, -0.2) is 62.0 Å². The third kappa shape index (κ3) is 5.25. The van der Waals surface area contributed by atoms with Crippen molar-refractivity contribution in [3.05, 3.63) is 58.6 Å². The van der Waals surface area contributed by atoms with Crippen molar-refractivity contribution in [2.24, 2.45) is 0 Å². The number of ether oxygens (including phenoxy) is 2. The molecular formula is C23H27ClN2O4. The molecule has 2 amide bonds. The van der Waals surface area contributed by atoms with Gasteiger partial charge in [0.15, 0.2) is 11.5 Å². The van der Waals surface area contributed by atoms with E-state index in [0.29, 0.717) is 61.1 Å². The Kier molecular flexibility index (Phi) is 7.57. The molecule has 7 heteroatoms. The molecule has 3 rings (SSSR count). The average Bonchev–Trinajstić information content (AvgIpc) is 3.03. The SMILES string of the molecule is COc1ccc(CCC(=O)N2CCCN(C(=O)c3ccccc3Cl)CC2)cc1OC. The molecule has 160 valence electrons. The van der Waals surface area contributed by atoms with E-state index in [4.69, 9.17) is 21.1 Å². The van der Waals surface area contributed by atoms with Crippen molar-refractivity contribution in [3.8, 4) is 11.5 Å². The zero-order valence-corrected chi connectivity index (χ0v) is 18.2. The number of nitrogens with zero attached hydrogens (tertiary/aromatic N) is 2. The van der Waals surface area contributed by atoms with Gasteiger partial charge in [0.1, 0.15) is 0 Å². The first-order valence-corrected chi connectivity index (χ1v) is 10.4. The molecule has 0 radical (unpaired) electrons. The van der Waals surface area contributed by atoms with E-state index in [9.17, 15) is 9.59 Å². The van der Waals surface area contributed by atoms with Crippen LogP contribution in [0.25, 0.3) is 0 Å². The summed E-state index contributed by atoms with van der Waals surface area (Å²) in [6.07, 6.45) is 1.78. The summed E-state index contributed by atoms with van der Waals surface area (Å²) < 4.78 is 10.6. The molecule has 0 aliphatic carbocycles. The molecule has 1 fully saturated rings. The van der Waals surface area contributed by atoms with Crippen molar-refractivity contribution >= 4 is 23.4 Å². The van der Waals surface area contributed by atoms with Crippen LogP contribution in [-0.2, 0) is 11.2 Å². The van der Waals surface area contributed by atoms with Gasteiger partial charge in [0.05, 0.1) is 24.8 Å². The summed E-state index contributed by atoms with van der Waals surface area (Å²) in [6, 6.07) is 12.8. The molecule has 0 N–H and O–H groups in total. The molecule has 1 aliphatic rings. The molecule has 0 atom stereocenters. The first-order chi connectivity index (χ1) is 14.5. The van der Waals surface area contributed by atoms with E-state index in [0.717, 1.165) is 12.0 Å². The number of rotatable bonds is 6. The van der Waals surface area contributed by atoms with Gasteiger partial charge in [-0.2, -0.15) is 0 Å². The number of amides is 2. The van der Waals surface area contributed by atoms with Crippen LogP contribution in [0.15, 0.2) is 42.5 Å². The van der Waals surface area contributed by atoms with Crippen LogP contribution in [0.1, 0.15) is 28.8 Å². The molecule has 30 heavy (non-hydrogen) atoms. The normalized spacial score (nSPS) is 14.2. The van der Waals surface area contributed by atoms with Crippen molar-refractivity contribution in [2.75, 3.05) is 40.4 Å². The van der Waals surface area contributed by atoms with Gasteiger partial charge in [-0.25, -0.2) is 0 Å². The van der Waals surface area contributed by atoms with Gasteiger partial charge in [-0.05, 0) is 42.7 Å². The third-order valence-electron chi connectivity index (χ3n) is 5.32. The predicted octanol–water partition coefficient (Wildman–Crippen LogP) is 3.66. The number of halogens is 1. The van der Waals surface area contributed by atoms with E-state index in [1.807, 2.05) is 23.1 Å². The van der Waals surface area contributed by atoms with Gasteiger partial charge in [0.25, 0.3) is 5.91 Å². The molecule has 1 saturated heterocycles. The minimum absolute atomic E-state index is 0.0831. The summed E-state index contributed by atoms with van der Waals surface area (Å²) in [7, 11) is 3.19. The van der Waals surface area contributed by atoms with Crippen LogP contribution in [0.2, 0.25) is 5.02 Å². The zero-order valence-electron chi connectivity index (χ0n) is 17.4. The number of aryl methyl sites for hydroxylation is 1. The maximum absolute atomic E-state index is 12.8. The van der Waals surface area contributed by atoms with Crippen molar-refractivity contribution in [1.82, 2.24) is 9.80 Å². The van der Waals surface area contributed by atoms with Gasteiger partial charge in [-0.1, -0.05) is 29.8 Å². The molecule has 0 unspecified atom stereocenters. The number of hydrogen-bond acceptors (Lipinski definition) is 4. The highest BCUT2D eigenvalue weighted by atomic mass is 35.5. The highest BCUT2D eigenvalue weighted by Gasteiger charge is 2.23. The lowest BCUT2D eigenvalue weighted by Crippen LogP contribution is -2.37. The highest BCUT2D eigenvalue weighted by molar-refractivity contribution is 6.33. The Labute approximate surface area is 182 Å². The van der Waals surface area contributed by atoms with Gasteiger partial charge in [0, 0.05) is 32.6 Å². The number of carbonyl (C=O) groups is 2. The maximum Gasteiger partial charge on any atom is 0.255 e. The summed E-state index contributed by atoms with van der Waals surface area (Å²) in [4.78, 5) is 29.2. The standard InChI is InChI=1S/C23H27ClN2O4/c1-29-20-10-8-17(16-21(20)30-2)9-11-22(27)25-12-5-13-26(15-14-25)23(28)18-6-3-4-7-19(18)24/h3-4,6-8,10,16H,5,9,11-15H2,1-2H3. The monoisotopic (exact) mass is 430 g/mol. The Morgan fingerprint density at radius 3 is 2.37 bits per heavy atom. The Hall–Kier alpha value is -2.73. The van der Waals surface area contributed by atoms with Crippen molar-refractivity contribution in [2.45, 2.75) is 19.3 Å². The van der Waals surface area contributed by atoms with Crippen molar-refractivity contribution in [1.29, 1.82) is 0 Å². The molecule has 1 heterocycles. The van der Waals surface area contributed by atoms with Crippen molar-refractivity contribution < 1.29 is 19.1 Å². The second-order valence-electron chi connectivity index (χ2n) is 7.20. The summed E-state index contributed by atoms with van der Waals surface area (Å²) in [5.41, 5.74) is 1.53. The van der Waals surface area contributed by atoms with E-state index in [1.165, 1.54) is 0 Å². The Morgan fingerprint density at radius 1 is 0.933 bits per heavy atom. The summed E-state index contributed by atoms with van der Waals surface area (Å²) >= 11 is 6.17. The number of hydrogen-bond donors (Lipinski definition) is 0. The molecule has 2 aromatic carbocycles. The van der Waals surface area contributed by atoms with Gasteiger partial charge in [-0.3, -0.25) is 9.59 Å². The molecule has 6 nitrogen and oxygen atoms in total. The quantitative estimate of drug-likeness (QED) is 0.701. The molecule has 2 aromatic rings. The lowest BCUT2D eigenvalue weighted by Gasteiger charge is -2.22. The number of carbonyl (C=O) groups excluding carboxylic acids is 2. The van der Waals surface area contributed by atoms with Crippen LogP contribution in [0, 0.1) is 0 Å². The van der Waals surface area contributed by atoms with E-state index >= 15 is 0 Å². The summed E-state index contributed by atoms with van der Waals surface area (Å²) in [5.74, 6) is 1.34. The smallest absolute Gasteiger partial charge is 0.255 e. The first kappa shape index (κ1) is 22.0. The minimum atomic E-state index is -0.0831. The molecule has 0 aromatic heterocycles. The van der Waals surface area contributed by atoms with Gasteiger partial charge >= 0.3 is 0 Å². The topological polar surface area (TPSA) is 59.1 Å². The highest BCUT2D eigenvalue weighted by Crippen LogP contribution is 2.28. The fraction of sp³-hybridized carbons (Fsp3) is 0.391. The Balaban J connectivity index is 1.55. The largest absolute Gasteiger partial charge is 0.493 e.